The summed E-state index contributed by atoms with van der Waals surface area (Å²) in [5.41, 5.74) is 7.80. The summed E-state index contributed by atoms with van der Waals surface area (Å²) >= 11 is 0. The minimum absolute atomic E-state index is 0. The lowest BCUT2D eigenvalue weighted by Gasteiger charge is -2.32. The van der Waals surface area contributed by atoms with Crippen LogP contribution in [-0.4, -0.2) is 55.0 Å². The average molecular weight is 414 g/mol. The molecule has 0 spiro atoms. The fourth-order valence-electron chi connectivity index (χ4n) is 2.59. The van der Waals surface area contributed by atoms with Crippen LogP contribution < -0.4 is 11.1 Å². The average Bonchev–Trinajstić information content (AvgIpc) is 2.48. The summed E-state index contributed by atoms with van der Waals surface area (Å²) in [7, 11) is 2.16. The Morgan fingerprint density at radius 3 is 2.44 bits per heavy atom. The number of nitrogens with zero attached hydrogens (tertiary/aromatic N) is 2. The van der Waals surface area contributed by atoms with E-state index in [2.05, 4.69) is 34.3 Å². The Morgan fingerprint density at radius 2 is 1.84 bits per heavy atom. The Kier molecular flexibility index (Phi) is 14.5. The highest BCUT2D eigenvalue weighted by Crippen LogP contribution is 2.14. The number of hydrogen-bond acceptors (Lipinski definition) is 4. The van der Waals surface area contributed by atoms with Gasteiger partial charge in [0, 0.05) is 50.9 Å². The smallest absolute Gasteiger partial charge is 0.224 e. The number of hydrogen-bond donors (Lipinski definition) is 2. The summed E-state index contributed by atoms with van der Waals surface area (Å²) in [6.07, 6.45) is 1.19. The molecule has 1 fully saturated rings. The molecular formula is C17H31Cl3N4O. The molecule has 8 heteroatoms. The molecule has 1 atom stereocenters. The van der Waals surface area contributed by atoms with Gasteiger partial charge in [-0.15, -0.1) is 37.2 Å². The quantitative estimate of drug-likeness (QED) is 0.753. The van der Waals surface area contributed by atoms with E-state index in [0.29, 0.717) is 12.8 Å². The van der Waals surface area contributed by atoms with Gasteiger partial charge in [0.1, 0.15) is 0 Å². The molecule has 1 saturated heterocycles. The Bertz CT molecular complexity index is 495. The SMILES string of the molecule is CC(N)CCC(=O)Nc1cccc(CN2CCN(C)CC2)c1.Cl.Cl.Cl. The maximum absolute atomic E-state index is 11.9. The van der Waals surface area contributed by atoms with Crippen LogP contribution in [0.3, 0.4) is 0 Å². The maximum atomic E-state index is 11.9. The third-order valence-corrected chi connectivity index (χ3v) is 4.04. The largest absolute Gasteiger partial charge is 0.328 e. The first-order valence-corrected chi connectivity index (χ1v) is 8.08. The highest BCUT2D eigenvalue weighted by atomic mass is 35.5. The first-order valence-electron chi connectivity index (χ1n) is 8.08. The van der Waals surface area contributed by atoms with Gasteiger partial charge in [-0.1, -0.05) is 12.1 Å². The van der Waals surface area contributed by atoms with Gasteiger partial charge < -0.3 is 16.0 Å². The number of amides is 1. The number of carbonyl (C=O) groups excluding carboxylic acids is 1. The summed E-state index contributed by atoms with van der Waals surface area (Å²) in [5, 5.41) is 2.96. The lowest BCUT2D eigenvalue weighted by Crippen LogP contribution is -2.43. The summed E-state index contributed by atoms with van der Waals surface area (Å²) in [4.78, 5) is 16.7. The number of likely N-dealkylation sites (N-methyl/N-ethyl adjacent to an activating group) is 1. The number of nitrogens with one attached hydrogen (secondary N) is 1. The first kappa shape index (κ1) is 26.7. The second-order valence-electron chi connectivity index (χ2n) is 6.34. The first-order chi connectivity index (χ1) is 10.5. The standard InChI is InChI=1S/C17H28N4O.3ClH/c1-14(18)6-7-17(22)19-16-5-3-4-15(12-16)13-21-10-8-20(2)9-11-21;;;/h3-5,12,14H,6-11,13,18H2,1-2H3,(H,19,22);3*1H. The normalized spacial score (nSPS) is 16.0. The number of carbonyl (C=O) groups is 1. The van der Waals surface area contributed by atoms with E-state index in [1.54, 1.807) is 0 Å². The molecule has 0 aromatic heterocycles. The molecular weight excluding hydrogens is 383 g/mol. The zero-order valence-corrected chi connectivity index (χ0v) is 17.4. The summed E-state index contributed by atoms with van der Waals surface area (Å²) in [6, 6.07) is 8.20. The summed E-state index contributed by atoms with van der Waals surface area (Å²) in [6.45, 7) is 7.30. The molecule has 0 radical (unpaired) electrons. The number of nitrogens with two attached hydrogens (primary N) is 1. The van der Waals surface area contributed by atoms with Crippen molar-refractivity contribution in [2.45, 2.75) is 32.4 Å². The molecule has 146 valence electrons. The van der Waals surface area contributed by atoms with Crippen molar-refractivity contribution in [1.29, 1.82) is 0 Å². The van der Waals surface area contributed by atoms with Crippen LogP contribution in [0, 0.1) is 0 Å². The van der Waals surface area contributed by atoms with Crippen molar-refractivity contribution < 1.29 is 4.79 Å². The fraction of sp³-hybridized carbons (Fsp3) is 0.588. The van der Waals surface area contributed by atoms with Crippen molar-refractivity contribution in [2.75, 3.05) is 38.5 Å². The molecule has 1 aliphatic heterocycles. The predicted molar refractivity (Wildman–Crippen MR) is 112 cm³/mol. The van der Waals surface area contributed by atoms with Crippen LogP contribution in [0.25, 0.3) is 0 Å². The van der Waals surface area contributed by atoms with E-state index in [1.807, 2.05) is 19.1 Å². The van der Waals surface area contributed by atoms with E-state index < -0.39 is 0 Å². The van der Waals surface area contributed by atoms with Gasteiger partial charge in [-0.25, -0.2) is 0 Å². The summed E-state index contributed by atoms with van der Waals surface area (Å²) < 4.78 is 0. The second kappa shape index (κ2) is 13.6. The number of halogens is 3. The molecule has 5 nitrogen and oxygen atoms in total. The second-order valence-corrected chi connectivity index (χ2v) is 6.34. The number of benzene rings is 1. The fourth-order valence-corrected chi connectivity index (χ4v) is 2.59. The van der Waals surface area contributed by atoms with Crippen LogP contribution in [0.1, 0.15) is 25.3 Å². The molecule has 1 heterocycles. The van der Waals surface area contributed by atoms with E-state index in [0.717, 1.165) is 38.4 Å². The molecule has 1 unspecified atom stereocenters. The van der Waals surface area contributed by atoms with Crippen molar-refractivity contribution in [2.24, 2.45) is 5.73 Å². The van der Waals surface area contributed by atoms with E-state index in [9.17, 15) is 4.79 Å². The molecule has 3 N–H and O–H groups in total. The highest BCUT2D eigenvalue weighted by Gasteiger charge is 2.14. The van der Waals surface area contributed by atoms with Gasteiger partial charge >= 0.3 is 0 Å². The molecule has 0 aliphatic carbocycles. The van der Waals surface area contributed by atoms with Crippen LogP contribution in [-0.2, 0) is 11.3 Å². The Morgan fingerprint density at radius 1 is 1.20 bits per heavy atom. The van der Waals surface area contributed by atoms with Gasteiger partial charge in [-0.3, -0.25) is 9.69 Å². The molecule has 1 aromatic carbocycles. The zero-order chi connectivity index (χ0) is 15.9. The van der Waals surface area contributed by atoms with Gasteiger partial charge in [0.05, 0.1) is 0 Å². The van der Waals surface area contributed by atoms with E-state index in [4.69, 9.17) is 5.73 Å². The lowest BCUT2D eigenvalue weighted by molar-refractivity contribution is -0.116. The minimum Gasteiger partial charge on any atom is -0.328 e. The molecule has 2 rings (SSSR count). The van der Waals surface area contributed by atoms with Crippen molar-refractivity contribution in [3.8, 4) is 0 Å². The van der Waals surface area contributed by atoms with Gasteiger partial charge in [-0.2, -0.15) is 0 Å². The Hall–Kier alpha value is -0.560. The van der Waals surface area contributed by atoms with Gasteiger partial charge in [-0.05, 0) is 38.1 Å². The van der Waals surface area contributed by atoms with Crippen LogP contribution in [0.2, 0.25) is 0 Å². The molecule has 1 amide bonds. The Balaban J connectivity index is 0. The van der Waals surface area contributed by atoms with Crippen LogP contribution in [0.15, 0.2) is 24.3 Å². The lowest BCUT2D eigenvalue weighted by atomic mass is 10.1. The molecule has 1 aliphatic rings. The predicted octanol–water partition coefficient (Wildman–Crippen LogP) is 2.77. The number of anilines is 1. The molecule has 0 bridgehead atoms. The topological polar surface area (TPSA) is 61.6 Å². The number of piperazine rings is 1. The van der Waals surface area contributed by atoms with E-state index in [-0.39, 0.29) is 49.2 Å². The van der Waals surface area contributed by atoms with Crippen molar-refractivity contribution in [1.82, 2.24) is 9.80 Å². The molecule has 25 heavy (non-hydrogen) atoms. The van der Waals surface area contributed by atoms with Crippen LogP contribution in [0.5, 0.6) is 0 Å². The monoisotopic (exact) mass is 412 g/mol. The molecule has 0 saturated carbocycles. The van der Waals surface area contributed by atoms with Crippen molar-refractivity contribution in [3.63, 3.8) is 0 Å². The van der Waals surface area contributed by atoms with Crippen LogP contribution in [0.4, 0.5) is 5.69 Å². The minimum atomic E-state index is 0. The van der Waals surface area contributed by atoms with Crippen molar-refractivity contribution >= 4 is 48.8 Å². The summed E-state index contributed by atoms with van der Waals surface area (Å²) in [5.74, 6) is 0.0362. The van der Waals surface area contributed by atoms with Gasteiger partial charge in [0.15, 0.2) is 0 Å². The van der Waals surface area contributed by atoms with Gasteiger partial charge in [0.2, 0.25) is 5.91 Å². The van der Waals surface area contributed by atoms with Gasteiger partial charge in [0.25, 0.3) is 0 Å². The Labute approximate surface area is 169 Å². The van der Waals surface area contributed by atoms with Crippen LogP contribution >= 0.6 is 37.2 Å². The highest BCUT2D eigenvalue weighted by molar-refractivity contribution is 5.90. The molecule has 1 aromatic rings. The third kappa shape index (κ3) is 10.2. The zero-order valence-electron chi connectivity index (χ0n) is 14.9. The maximum Gasteiger partial charge on any atom is 0.224 e. The van der Waals surface area contributed by atoms with Crippen molar-refractivity contribution in [3.05, 3.63) is 29.8 Å². The number of rotatable bonds is 6. The third-order valence-electron chi connectivity index (χ3n) is 4.04. The van der Waals surface area contributed by atoms with E-state index in [1.165, 1.54) is 5.56 Å². The van der Waals surface area contributed by atoms with E-state index >= 15 is 0 Å².